The van der Waals surface area contributed by atoms with Gasteiger partial charge in [-0.2, -0.15) is 0 Å². The van der Waals surface area contributed by atoms with Gasteiger partial charge in [0, 0.05) is 0 Å². The van der Waals surface area contributed by atoms with Crippen molar-refractivity contribution in [2.75, 3.05) is 6.61 Å². The van der Waals surface area contributed by atoms with Crippen LogP contribution in [0.2, 0.25) is 0 Å². The molecule has 0 fully saturated rings. The molecule has 1 aromatic carbocycles. The molecule has 0 saturated carbocycles. The van der Waals surface area contributed by atoms with Crippen molar-refractivity contribution in [1.82, 2.24) is 0 Å². The number of nitrogens with zero attached hydrogens (tertiary/aromatic N) is 1. The molecule has 1 aliphatic heterocycles. The summed E-state index contributed by atoms with van der Waals surface area (Å²) in [5, 5.41) is 12.9. The second kappa shape index (κ2) is 4.24. The standard InChI is InChI=1S/C11H13NO2/c13-8-10-6-7-11(12-14-10)9-4-2-1-3-5-9/h1-5,10,13H,6-8H2/t10-/m1/s1. The van der Waals surface area contributed by atoms with Gasteiger partial charge in [-0.1, -0.05) is 35.5 Å². The molecule has 1 aliphatic rings. The molecule has 0 radical (unpaired) electrons. The van der Waals surface area contributed by atoms with Crippen molar-refractivity contribution in [2.24, 2.45) is 5.16 Å². The highest BCUT2D eigenvalue weighted by molar-refractivity contribution is 6.00. The minimum Gasteiger partial charge on any atom is -0.392 e. The van der Waals surface area contributed by atoms with Gasteiger partial charge < -0.3 is 9.94 Å². The first kappa shape index (κ1) is 9.21. The second-order valence-corrected chi connectivity index (χ2v) is 3.35. The quantitative estimate of drug-likeness (QED) is 0.770. The van der Waals surface area contributed by atoms with Crippen LogP contribution in [-0.2, 0) is 4.84 Å². The van der Waals surface area contributed by atoms with Crippen LogP contribution in [0.5, 0.6) is 0 Å². The van der Waals surface area contributed by atoms with Crippen LogP contribution in [0.25, 0.3) is 0 Å². The predicted molar refractivity (Wildman–Crippen MR) is 54.2 cm³/mol. The van der Waals surface area contributed by atoms with Crippen molar-refractivity contribution < 1.29 is 9.94 Å². The average molecular weight is 191 g/mol. The number of rotatable bonds is 2. The van der Waals surface area contributed by atoms with Crippen molar-refractivity contribution in [3.05, 3.63) is 35.9 Å². The van der Waals surface area contributed by atoms with Gasteiger partial charge in [-0.25, -0.2) is 0 Å². The molecule has 0 aliphatic carbocycles. The molecule has 1 heterocycles. The molecule has 2 rings (SSSR count). The molecule has 0 saturated heterocycles. The lowest BCUT2D eigenvalue weighted by Gasteiger charge is -2.19. The highest BCUT2D eigenvalue weighted by Gasteiger charge is 2.17. The van der Waals surface area contributed by atoms with Crippen molar-refractivity contribution in [3.8, 4) is 0 Å². The fraction of sp³-hybridized carbons (Fsp3) is 0.364. The van der Waals surface area contributed by atoms with Crippen LogP contribution in [0.15, 0.2) is 35.5 Å². The monoisotopic (exact) mass is 191 g/mol. The molecular formula is C11H13NO2. The average Bonchev–Trinajstić information content (AvgIpc) is 2.30. The molecule has 1 N–H and O–H groups in total. The van der Waals surface area contributed by atoms with Gasteiger partial charge in [0.1, 0.15) is 0 Å². The van der Waals surface area contributed by atoms with Crippen LogP contribution in [0, 0.1) is 0 Å². The van der Waals surface area contributed by atoms with Gasteiger partial charge in [-0.3, -0.25) is 0 Å². The van der Waals surface area contributed by atoms with E-state index in [4.69, 9.17) is 9.94 Å². The van der Waals surface area contributed by atoms with Crippen molar-refractivity contribution in [1.29, 1.82) is 0 Å². The molecule has 0 bridgehead atoms. The smallest absolute Gasteiger partial charge is 0.150 e. The molecule has 3 nitrogen and oxygen atoms in total. The summed E-state index contributed by atoms with van der Waals surface area (Å²) in [6, 6.07) is 9.97. The summed E-state index contributed by atoms with van der Waals surface area (Å²) in [5.41, 5.74) is 2.07. The normalized spacial score (nSPS) is 21.2. The van der Waals surface area contributed by atoms with E-state index in [0.717, 1.165) is 24.1 Å². The molecule has 0 spiro atoms. The molecule has 1 atom stereocenters. The van der Waals surface area contributed by atoms with E-state index in [1.54, 1.807) is 0 Å². The number of oxime groups is 1. The summed E-state index contributed by atoms with van der Waals surface area (Å²) in [6.07, 6.45) is 1.59. The maximum absolute atomic E-state index is 8.85. The zero-order valence-electron chi connectivity index (χ0n) is 7.89. The summed E-state index contributed by atoms with van der Waals surface area (Å²) in [7, 11) is 0. The van der Waals surface area contributed by atoms with Crippen molar-refractivity contribution >= 4 is 5.71 Å². The van der Waals surface area contributed by atoms with Crippen LogP contribution < -0.4 is 0 Å². The number of hydrogen-bond acceptors (Lipinski definition) is 3. The highest BCUT2D eigenvalue weighted by Crippen LogP contribution is 2.15. The Labute approximate surface area is 83.0 Å². The molecule has 1 aromatic rings. The maximum Gasteiger partial charge on any atom is 0.150 e. The van der Waals surface area contributed by atoms with Crippen molar-refractivity contribution in [2.45, 2.75) is 18.9 Å². The minimum absolute atomic E-state index is 0.0472. The van der Waals surface area contributed by atoms with E-state index < -0.39 is 0 Å². The van der Waals surface area contributed by atoms with E-state index in [0.29, 0.717) is 0 Å². The predicted octanol–water partition coefficient (Wildman–Crippen LogP) is 1.56. The number of aliphatic hydroxyl groups is 1. The lowest BCUT2D eigenvalue weighted by Crippen LogP contribution is -2.22. The van der Waals surface area contributed by atoms with E-state index >= 15 is 0 Å². The van der Waals surface area contributed by atoms with Gasteiger partial charge in [0.2, 0.25) is 0 Å². The molecule has 3 heteroatoms. The summed E-state index contributed by atoms with van der Waals surface area (Å²) >= 11 is 0. The third kappa shape index (κ3) is 1.93. The molecule has 14 heavy (non-hydrogen) atoms. The van der Waals surface area contributed by atoms with E-state index in [-0.39, 0.29) is 12.7 Å². The Hall–Kier alpha value is -1.35. The van der Waals surface area contributed by atoms with E-state index in [9.17, 15) is 0 Å². The van der Waals surface area contributed by atoms with Crippen LogP contribution in [0.4, 0.5) is 0 Å². The van der Waals surface area contributed by atoms with E-state index in [1.165, 1.54) is 0 Å². The maximum atomic E-state index is 8.85. The second-order valence-electron chi connectivity index (χ2n) is 3.35. The Kier molecular flexibility index (Phi) is 2.79. The van der Waals surface area contributed by atoms with Gasteiger partial charge in [-0.15, -0.1) is 0 Å². The van der Waals surface area contributed by atoms with Gasteiger partial charge in [-0.05, 0) is 18.4 Å². The van der Waals surface area contributed by atoms with Crippen LogP contribution in [-0.4, -0.2) is 23.5 Å². The van der Waals surface area contributed by atoms with Crippen LogP contribution in [0.3, 0.4) is 0 Å². The minimum atomic E-state index is -0.123. The number of aliphatic hydroxyl groups excluding tert-OH is 1. The fourth-order valence-corrected chi connectivity index (χ4v) is 1.49. The first-order valence-electron chi connectivity index (χ1n) is 4.79. The Morgan fingerprint density at radius 3 is 2.71 bits per heavy atom. The first-order chi connectivity index (χ1) is 6.90. The van der Waals surface area contributed by atoms with Crippen LogP contribution >= 0.6 is 0 Å². The topological polar surface area (TPSA) is 41.8 Å². The Bertz CT molecular complexity index is 321. The SMILES string of the molecule is OC[C@H]1CCC(c2ccccc2)=NO1. The summed E-state index contributed by atoms with van der Waals surface area (Å²) < 4.78 is 0. The zero-order chi connectivity index (χ0) is 9.80. The molecule has 0 aromatic heterocycles. The summed E-state index contributed by atoms with van der Waals surface area (Å²) in [6.45, 7) is 0.0472. The van der Waals surface area contributed by atoms with Gasteiger partial charge in [0.15, 0.2) is 6.10 Å². The zero-order valence-corrected chi connectivity index (χ0v) is 7.89. The summed E-state index contributed by atoms with van der Waals surface area (Å²) in [5.74, 6) is 0. The number of benzene rings is 1. The largest absolute Gasteiger partial charge is 0.392 e. The van der Waals surface area contributed by atoms with Crippen molar-refractivity contribution in [3.63, 3.8) is 0 Å². The molecular weight excluding hydrogens is 178 g/mol. The Morgan fingerprint density at radius 2 is 2.14 bits per heavy atom. The highest BCUT2D eigenvalue weighted by atomic mass is 16.6. The third-order valence-electron chi connectivity index (χ3n) is 2.33. The fourth-order valence-electron chi connectivity index (χ4n) is 1.49. The van der Waals surface area contributed by atoms with E-state index in [2.05, 4.69) is 5.16 Å². The van der Waals surface area contributed by atoms with Gasteiger partial charge in [0.25, 0.3) is 0 Å². The third-order valence-corrected chi connectivity index (χ3v) is 2.33. The van der Waals surface area contributed by atoms with Crippen LogP contribution in [0.1, 0.15) is 18.4 Å². The Balaban J connectivity index is 2.11. The summed E-state index contributed by atoms with van der Waals surface area (Å²) in [4.78, 5) is 5.13. The Morgan fingerprint density at radius 1 is 1.36 bits per heavy atom. The lowest BCUT2D eigenvalue weighted by molar-refractivity contribution is 0.00454. The molecule has 0 amide bonds. The van der Waals surface area contributed by atoms with Gasteiger partial charge >= 0.3 is 0 Å². The lowest BCUT2D eigenvalue weighted by atomic mass is 10.0. The number of hydrogen-bond donors (Lipinski definition) is 1. The van der Waals surface area contributed by atoms with E-state index in [1.807, 2.05) is 30.3 Å². The molecule has 74 valence electrons. The molecule has 0 unspecified atom stereocenters. The first-order valence-corrected chi connectivity index (χ1v) is 4.79. The van der Waals surface area contributed by atoms with Gasteiger partial charge in [0.05, 0.1) is 12.3 Å².